The fourth-order valence-corrected chi connectivity index (χ4v) is 2.49. The average molecular weight is 198 g/mol. The van der Waals surface area contributed by atoms with Crippen molar-refractivity contribution in [3.05, 3.63) is 0 Å². The van der Waals surface area contributed by atoms with E-state index in [2.05, 4.69) is 4.90 Å². The molecule has 4 heteroatoms. The maximum absolute atomic E-state index is 10.8. The smallest absolute Gasteiger partial charge is 0.210 e. The molecule has 2 heterocycles. The number of carbonyl (C=O) groups is 1. The van der Waals surface area contributed by atoms with Gasteiger partial charge in [-0.05, 0) is 25.7 Å². The minimum Gasteiger partial charge on any atom is -0.392 e. The minimum atomic E-state index is -0.189. The van der Waals surface area contributed by atoms with Crippen molar-refractivity contribution >= 4 is 6.41 Å². The molecule has 0 spiro atoms. The Hall–Kier alpha value is -0.610. The van der Waals surface area contributed by atoms with E-state index in [9.17, 15) is 9.90 Å². The number of hydrogen-bond donors (Lipinski definition) is 1. The highest BCUT2D eigenvalue weighted by atomic mass is 16.3. The molecule has 0 aromatic heterocycles. The van der Waals surface area contributed by atoms with E-state index in [0.717, 1.165) is 45.3 Å². The summed E-state index contributed by atoms with van der Waals surface area (Å²) in [6.07, 6.45) is 5.24. The molecule has 0 saturated carbocycles. The summed E-state index contributed by atoms with van der Waals surface area (Å²) in [5.41, 5.74) is 0. The summed E-state index contributed by atoms with van der Waals surface area (Å²) in [6.45, 7) is 2.53. The van der Waals surface area contributed by atoms with Crippen molar-refractivity contribution in [1.82, 2.24) is 9.80 Å². The highest BCUT2D eigenvalue weighted by Crippen LogP contribution is 2.22. The number of carbonyl (C=O) groups excluding carboxylic acids is 1. The molecular weight excluding hydrogens is 180 g/mol. The Balaban J connectivity index is 1.96. The summed E-state index contributed by atoms with van der Waals surface area (Å²) in [5.74, 6) is 0. The molecule has 2 aliphatic rings. The maximum Gasteiger partial charge on any atom is 0.210 e. The molecule has 80 valence electrons. The number of rotatable bonds is 2. The van der Waals surface area contributed by atoms with Crippen LogP contribution in [0.4, 0.5) is 0 Å². The lowest BCUT2D eigenvalue weighted by molar-refractivity contribution is -0.125. The van der Waals surface area contributed by atoms with Gasteiger partial charge in [0.1, 0.15) is 0 Å². The molecule has 14 heavy (non-hydrogen) atoms. The van der Waals surface area contributed by atoms with E-state index in [0.29, 0.717) is 0 Å². The number of aliphatic hydroxyl groups is 1. The second kappa shape index (κ2) is 4.28. The van der Waals surface area contributed by atoms with E-state index in [1.165, 1.54) is 6.42 Å². The predicted octanol–water partition coefficient (Wildman–Crippen LogP) is 0.0214. The van der Waals surface area contributed by atoms with Crippen LogP contribution in [0.1, 0.15) is 25.7 Å². The minimum absolute atomic E-state index is 0.189. The van der Waals surface area contributed by atoms with Gasteiger partial charge in [0, 0.05) is 19.6 Å². The highest BCUT2D eigenvalue weighted by molar-refractivity contribution is 5.47. The molecule has 0 bridgehead atoms. The first-order valence-electron chi connectivity index (χ1n) is 5.44. The fourth-order valence-electron chi connectivity index (χ4n) is 2.49. The molecule has 0 radical (unpaired) electrons. The van der Waals surface area contributed by atoms with Crippen molar-refractivity contribution in [3.8, 4) is 0 Å². The molecule has 2 unspecified atom stereocenters. The van der Waals surface area contributed by atoms with Gasteiger partial charge >= 0.3 is 0 Å². The summed E-state index contributed by atoms with van der Waals surface area (Å²) in [7, 11) is 0. The Morgan fingerprint density at radius 3 is 2.71 bits per heavy atom. The molecule has 0 aliphatic carbocycles. The maximum atomic E-state index is 10.8. The van der Waals surface area contributed by atoms with Crippen molar-refractivity contribution in [2.75, 3.05) is 19.6 Å². The van der Waals surface area contributed by atoms with Crippen molar-refractivity contribution < 1.29 is 9.90 Å². The zero-order chi connectivity index (χ0) is 9.97. The zero-order valence-corrected chi connectivity index (χ0v) is 8.43. The van der Waals surface area contributed by atoms with Gasteiger partial charge in [-0.15, -0.1) is 0 Å². The van der Waals surface area contributed by atoms with Gasteiger partial charge in [0.2, 0.25) is 6.41 Å². The fraction of sp³-hybridized carbons (Fsp3) is 0.900. The first kappa shape index (κ1) is 9.93. The van der Waals surface area contributed by atoms with Gasteiger partial charge in [-0.3, -0.25) is 9.69 Å². The van der Waals surface area contributed by atoms with Crippen LogP contribution < -0.4 is 0 Å². The third-order valence-corrected chi connectivity index (χ3v) is 3.26. The van der Waals surface area contributed by atoms with E-state index < -0.39 is 0 Å². The van der Waals surface area contributed by atoms with Crippen LogP contribution in [-0.2, 0) is 4.79 Å². The van der Waals surface area contributed by atoms with Crippen molar-refractivity contribution in [1.29, 1.82) is 0 Å². The molecule has 0 aromatic rings. The molecule has 2 saturated heterocycles. The molecule has 1 N–H and O–H groups in total. The SMILES string of the molecule is O=CN1CCCCC1N1CCC(O)C1. The lowest BCUT2D eigenvalue weighted by Crippen LogP contribution is -2.49. The number of β-amino-alcohol motifs (C(OH)–C–C–N with tert-alkyl or cyclic N) is 1. The molecule has 4 nitrogen and oxygen atoms in total. The summed E-state index contributed by atoms with van der Waals surface area (Å²) < 4.78 is 0. The van der Waals surface area contributed by atoms with Gasteiger partial charge in [-0.25, -0.2) is 0 Å². The van der Waals surface area contributed by atoms with Gasteiger partial charge in [-0.2, -0.15) is 0 Å². The van der Waals surface area contributed by atoms with E-state index in [1.807, 2.05) is 4.90 Å². The Labute approximate surface area is 84.5 Å². The third-order valence-electron chi connectivity index (χ3n) is 3.26. The third kappa shape index (κ3) is 1.91. The standard InChI is InChI=1S/C10H18N2O2/c13-8-12-5-2-1-3-10(12)11-6-4-9(14)7-11/h8-10,14H,1-7H2. The van der Waals surface area contributed by atoms with Crippen LogP contribution in [0.5, 0.6) is 0 Å². The van der Waals surface area contributed by atoms with Crippen LogP contribution in [0.2, 0.25) is 0 Å². The molecule has 0 aromatic carbocycles. The van der Waals surface area contributed by atoms with Crippen LogP contribution in [0, 0.1) is 0 Å². The molecule has 2 rings (SSSR count). The second-order valence-corrected chi connectivity index (χ2v) is 4.26. The largest absolute Gasteiger partial charge is 0.392 e. The van der Waals surface area contributed by atoms with Crippen LogP contribution in [-0.4, -0.2) is 53.2 Å². The molecular formula is C10H18N2O2. The van der Waals surface area contributed by atoms with Gasteiger partial charge in [0.05, 0.1) is 12.3 Å². The Morgan fingerprint density at radius 1 is 1.21 bits per heavy atom. The van der Waals surface area contributed by atoms with E-state index >= 15 is 0 Å². The molecule has 1 amide bonds. The van der Waals surface area contributed by atoms with Gasteiger partial charge in [0.25, 0.3) is 0 Å². The number of amides is 1. The van der Waals surface area contributed by atoms with Crippen LogP contribution in [0.25, 0.3) is 0 Å². The first-order valence-corrected chi connectivity index (χ1v) is 5.44. The van der Waals surface area contributed by atoms with Crippen molar-refractivity contribution in [2.45, 2.75) is 38.0 Å². The molecule has 2 fully saturated rings. The zero-order valence-electron chi connectivity index (χ0n) is 8.43. The first-order chi connectivity index (χ1) is 6.81. The number of hydrogen-bond acceptors (Lipinski definition) is 3. The quantitative estimate of drug-likeness (QED) is 0.636. The number of nitrogens with zero attached hydrogens (tertiary/aromatic N) is 2. The normalized spacial score (nSPS) is 34.8. The van der Waals surface area contributed by atoms with Crippen molar-refractivity contribution in [2.24, 2.45) is 0 Å². The number of piperidine rings is 1. The number of likely N-dealkylation sites (tertiary alicyclic amines) is 2. The Bertz CT molecular complexity index is 210. The topological polar surface area (TPSA) is 43.8 Å². The number of aliphatic hydroxyl groups excluding tert-OH is 1. The Morgan fingerprint density at radius 2 is 2.07 bits per heavy atom. The van der Waals surface area contributed by atoms with Crippen molar-refractivity contribution in [3.63, 3.8) is 0 Å². The molecule has 2 aliphatic heterocycles. The summed E-state index contributed by atoms with van der Waals surface area (Å²) >= 11 is 0. The van der Waals surface area contributed by atoms with Crippen LogP contribution in [0.3, 0.4) is 0 Å². The van der Waals surface area contributed by atoms with Crippen LogP contribution in [0.15, 0.2) is 0 Å². The highest BCUT2D eigenvalue weighted by Gasteiger charge is 2.31. The average Bonchev–Trinajstić information content (AvgIpc) is 2.65. The van der Waals surface area contributed by atoms with E-state index in [-0.39, 0.29) is 12.3 Å². The molecule has 2 atom stereocenters. The lowest BCUT2D eigenvalue weighted by Gasteiger charge is -2.38. The second-order valence-electron chi connectivity index (χ2n) is 4.26. The summed E-state index contributed by atoms with van der Waals surface area (Å²) in [6, 6.07) is 0. The summed E-state index contributed by atoms with van der Waals surface area (Å²) in [4.78, 5) is 15.0. The van der Waals surface area contributed by atoms with Crippen LogP contribution >= 0.6 is 0 Å². The van der Waals surface area contributed by atoms with E-state index in [4.69, 9.17) is 0 Å². The van der Waals surface area contributed by atoms with Gasteiger partial charge in [-0.1, -0.05) is 0 Å². The lowest BCUT2D eigenvalue weighted by atomic mass is 10.1. The monoisotopic (exact) mass is 198 g/mol. The van der Waals surface area contributed by atoms with E-state index in [1.54, 1.807) is 0 Å². The Kier molecular flexibility index (Phi) is 3.03. The predicted molar refractivity (Wildman–Crippen MR) is 52.6 cm³/mol. The van der Waals surface area contributed by atoms with Gasteiger partial charge in [0.15, 0.2) is 0 Å². The van der Waals surface area contributed by atoms with Gasteiger partial charge < -0.3 is 10.0 Å². The summed E-state index contributed by atoms with van der Waals surface area (Å²) in [5, 5.41) is 9.44.